The number of para-hydroxylation sites is 1. The van der Waals surface area contributed by atoms with Crippen molar-refractivity contribution in [2.24, 2.45) is 0 Å². The van der Waals surface area contributed by atoms with Crippen molar-refractivity contribution in [3.05, 3.63) is 59.7 Å². The van der Waals surface area contributed by atoms with E-state index in [1.54, 1.807) is 26.2 Å². The first-order chi connectivity index (χ1) is 16.7. The highest BCUT2D eigenvalue weighted by Gasteiger charge is 2.29. The second kappa shape index (κ2) is 12.3. The summed E-state index contributed by atoms with van der Waals surface area (Å²) in [6, 6.07) is 13.9. The van der Waals surface area contributed by atoms with Crippen molar-refractivity contribution in [1.29, 1.82) is 0 Å². The number of rotatable bonds is 11. The van der Waals surface area contributed by atoms with Crippen molar-refractivity contribution in [3.8, 4) is 5.75 Å². The molecule has 2 aromatic rings. The van der Waals surface area contributed by atoms with Crippen LogP contribution in [0.5, 0.6) is 5.75 Å². The number of carbonyl (C=O) groups is 2. The molecule has 1 N–H and O–H groups in total. The average molecular weight is 518 g/mol. The maximum absolute atomic E-state index is 13.4. The van der Waals surface area contributed by atoms with Crippen LogP contribution in [-0.4, -0.2) is 56.6 Å². The highest BCUT2D eigenvalue weighted by molar-refractivity contribution is 7.92. The molecular weight excluding hydrogens is 478 g/mol. The van der Waals surface area contributed by atoms with Crippen LogP contribution in [0, 0.1) is 6.92 Å². The lowest BCUT2D eigenvalue weighted by Crippen LogP contribution is -2.52. The molecule has 8 nitrogen and oxygen atoms in total. The molecule has 36 heavy (non-hydrogen) atoms. The molecular formula is C27H39N3O5S. The fourth-order valence-corrected chi connectivity index (χ4v) is 4.87. The van der Waals surface area contributed by atoms with Gasteiger partial charge >= 0.3 is 0 Å². The van der Waals surface area contributed by atoms with Crippen molar-refractivity contribution < 1.29 is 22.7 Å². The molecule has 198 valence electrons. The third-order valence-corrected chi connectivity index (χ3v) is 6.87. The van der Waals surface area contributed by atoms with E-state index in [9.17, 15) is 18.0 Å². The van der Waals surface area contributed by atoms with Crippen molar-refractivity contribution >= 4 is 27.5 Å². The zero-order valence-electron chi connectivity index (χ0n) is 22.4. The van der Waals surface area contributed by atoms with Gasteiger partial charge in [0.2, 0.25) is 21.8 Å². The number of anilines is 1. The fourth-order valence-electron chi connectivity index (χ4n) is 3.85. The van der Waals surface area contributed by atoms with E-state index in [-0.39, 0.29) is 31.3 Å². The standard InChI is InChI=1S/C27H39N3O5S/c1-20-12-8-9-15-24(20)30(36(7,33)34)17-11-16-25(31)29(21(2)26(32)28-27(3,4)5)19-22-13-10-14-23(18-22)35-6/h8-10,12-15,18,21H,11,16-17,19H2,1-7H3,(H,28,32)/t21-/m1/s1. The normalized spacial score (nSPS) is 12.5. The summed E-state index contributed by atoms with van der Waals surface area (Å²) < 4.78 is 31.6. The Morgan fingerprint density at radius 1 is 1.08 bits per heavy atom. The summed E-state index contributed by atoms with van der Waals surface area (Å²) in [6.45, 7) is 9.60. The van der Waals surface area contributed by atoms with Gasteiger partial charge in [-0.3, -0.25) is 13.9 Å². The molecule has 2 aromatic carbocycles. The highest BCUT2D eigenvalue weighted by Crippen LogP contribution is 2.23. The smallest absolute Gasteiger partial charge is 0.242 e. The number of nitrogens with one attached hydrogen (secondary N) is 1. The Labute approximate surface area is 215 Å². The van der Waals surface area contributed by atoms with Gasteiger partial charge in [-0.1, -0.05) is 30.3 Å². The lowest BCUT2D eigenvalue weighted by atomic mass is 10.1. The molecule has 0 saturated carbocycles. The molecule has 0 aliphatic rings. The Morgan fingerprint density at radius 3 is 2.33 bits per heavy atom. The summed E-state index contributed by atoms with van der Waals surface area (Å²) in [6.07, 6.45) is 1.56. The number of hydrogen-bond acceptors (Lipinski definition) is 5. The number of methoxy groups -OCH3 is 1. The van der Waals surface area contributed by atoms with Crippen molar-refractivity contribution in [3.63, 3.8) is 0 Å². The van der Waals surface area contributed by atoms with Gasteiger partial charge in [-0.05, 0) is 70.4 Å². The van der Waals surface area contributed by atoms with E-state index in [1.807, 2.05) is 64.1 Å². The number of carbonyl (C=O) groups excluding carboxylic acids is 2. The molecule has 9 heteroatoms. The first kappa shape index (κ1) is 29.2. The first-order valence-corrected chi connectivity index (χ1v) is 13.9. The van der Waals surface area contributed by atoms with E-state index in [4.69, 9.17) is 4.74 Å². The lowest BCUT2D eigenvalue weighted by Gasteiger charge is -2.32. The quantitative estimate of drug-likeness (QED) is 0.488. The van der Waals surface area contributed by atoms with Crippen LogP contribution in [0.3, 0.4) is 0 Å². The van der Waals surface area contributed by atoms with Crippen LogP contribution < -0.4 is 14.4 Å². The van der Waals surface area contributed by atoms with Gasteiger partial charge in [0, 0.05) is 25.0 Å². The summed E-state index contributed by atoms with van der Waals surface area (Å²) in [5.74, 6) is 0.178. The predicted octanol–water partition coefficient (Wildman–Crippen LogP) is 3.88. The zero-order valence-corrected chi connectivity index (χ0v) is 23.2. The van der Waals surface area contributed by atoms with Gasteiger partial charge in [-0.25, -0.2) is 8.42 Å². The van der Waals surface area contributed by atoms with Crippen molar-refractivity contribution in [1.82, 2.24) is 10.2 Å². The largest absolute Gasteiger partial charge is 0.497 e. The molecule has 0 spiro atoms. The third-order valence-electron chi connectivity index (χ3n) is 5.69. The van der Waals surface area contributed by atoms with Gasteiger partial charge in [0.15, 0.2) is 0 Å². The van der Waals surface area contributed by atoms with Crippen LogP contribution >= 0.6 is 0 Å². The molecule has 0 heterocycles. The number of hydrogen-bond donors (Lipinski definition) is 1. The first-order valence-electron chi connectivity index (χ1n) is 12.0. The molecule has 0 aromatic heterocycles. The minimum atomic E-state index is -3.53. The van der Waals surface area contributed by atoms with Crippen molar-refractivity contribution in [2.75, 3.05) is 24.2 Å². The summed E-state index contributed by atoms with van der Waals surface area (Å²) in [7, 11) is -1.96. The SMILES string of the molecule is COc1cccc(CN(C(=O)CCCN(c2ccccc2C)S(C)(=O)=O)[C@H](C)C(=O)NC(C)(C)C)c1. The molecule has 1 atom stereocenters. The monoisotopic (exact) mass is 517 g/mol. The highest BCUT2D eigenvalue weighted by atomic mass is 32.2. The minimum Gasteiger partial charge on any atom is -0.497 e. The fraction of sp³-hybridized carbons (Fsp3) is 0.481. The van der Waals surface area contributed by atoms with E-state index < -0.39 is 21.6 Å². The van der Waals surface area contributed by atoms with E-state index in [2.05, 4.69) is 5.32 Å². The lowest BCUT2D eigenvalue weighted by molar-refractivity contribution is -0.141. The van der Waals surface area contributed by atoms with Crippen LogP contribution in [0.15, 0.2) is 48.5 Å². The second-order valence-corrected chi connectivity index (χ2v) is 11.9. The average Bonchev–Trinajstić information content (AvgIpc) is 2.78. The van der Waals surface area contributed by atoms with E-state index >= 15 is 0 Å². The molecule has 0 aliphatic heterocycles. The number of aryl methyl sites for hydroxylation is 1. The molecule has 0 saturated heterocycles. The molecule has 0 unspecified atom stereocenters. The topological polar surface area (TPSA) is 96.0 Å². The van der Waals surface area contributed by atoms with Crippen LogP contribution in [-0.2, 0) is 26.2 Å². The molecule has 0 fully saturated rings. The molecule has 0 bridgehead atoms. The molecule has 2 rings (SSSR count). The Bertz CT molecular complexity index is 1160. The van der Waals surface area contributed by atoms with Gasteiger partial charge in [0.1, 0.15) is 11.8 Å². The number of benzene rings is 2. The second-order valence-electron chi connectivity index (χ2n) is 10.0. The van der Waals surface area contributed by atoms with Crippen LogP contribution in [0.2, 0.25) is 0 Å². The summed E-state index contributed by atoms with van der Waals surface area (Å²) >= 11 is 0. The number of sulfonamides is 1. The Hall–Kier alpha value is -3.07. The minimum absolute atomic E-state index is 0.0923. The van der Waals surface area contributed by atoms with Crippen LogP contribution in [0.25, 0.3) is 0 Å². The number of ether oxygens (including phenoxy) is 1. The third kappa shape index (κ3) is 8.55. The van der Waals surface area contributed by atoms with Crippen LogP contribution in [0.4, 0.5) is 5.69 Å². The van der Waals surface area contributed by atoms with Crippen molar-refractivity contribution in [2.45, 2.75) is 65.6 Å². The summed E-state index contributed by atoms with van der Waals surface area (Å²) in [5, 5.41) is 2.94. The van der Waals surface area contributed by atoms with Gasteiger partial charge in [-0.2, -0.15) is 0 Å². The van der Waals surface area contributed by atoms with Gasteiger partial charge in [0.05, 0.1) is 19.1 Å². The van der Waals surface area contributed by atoms with Gasteiger partial charge in [0.25, 0.3) is 0 Å². The zero-order chi connectivity index (χ0) is 27.1. The van der Waals surface area contributed by atoms with Gasteiger partial charge in [-0.15, -0.1) is 0 Å². The molecule has 0 radical (unpaired) electrons. The summed E-state index contributed by atoms with van der Waals surface area (Å²) in [4.78, 5) is 27.9. The number of nitrogens with zero attached hydrogens (tertiary/aromatic N) is 2. The van der Waals surface area contributed by atoms with Crippen LogP contribution in [0.1, 0.15) is 51.7 Å². The molecule has 2 amide bonds. The summed E-state index contributed by atoms with van der Waals surface area (Å²) in [5.41, 5.74) is 1.82. The predicted molar refractivity (Wildman–Crippen MR) is 144 cm³/mol. The molecule has 0 aliphatic carbocycles. The number of amides is 2. The van der Waals surface area contributed by atoms with E-state index in [0.29, 0.717) is 17.9 Å². The Kier molecular flexibility index (Phi) is 9.93. The Morgan fingerprint density at radius 2 is 1.75 bits per heavy atom. The van der Waals surface area contributed by atoms with E-state index in [1.165, 1.54) is 9.21 Å². The Balaban J connectivity index is 2.22. The maximum atomic E-state index is 13.4. The van der Waals surface area contributed by atoms with E-state index in [0.717, 1.165) is 17.4 Å². The maximum Gasteiger partial charge on any atom is 0.242 e. The van der Waals surface area contributed by atoms with Gasteiger partial charge < -0.3 is 15.0 Å².